The van der Waals surface area contributed by atoms with Gasteiger partial charge in [-0.15, -0.1) is 0 Å². The molecule has 36 heavy (non-hydrogen) atoms. The number of benzene rings is 2. The average Bonchev–Trinajstić information content (AvgIpc) is 3.19. The molecule has 1 aromatic heterocycles. The number of anilines is 2. The number of aliphatic hydroxyl groups is 1. The second-order valence-corrected chi connectivity index (χ2v) is 8.69. The standard InChI is InChI=1S/C24H24ClF3N4O4/c1-12(33)13-4-7-15(8-5-13)29-23(34)21-20(25)22-30-16(11-19(24(26,27)28)32(22)31-21)14-6-9-17(35-2)18(10-14)36-3/h4-10,12,16,19,30,33H,11H2,1-3H3,(H,29,34)/t12-,16-,19+/m0/s1. The van der Waals surface area contributed by atoms with Crippen LogP contribution in [-0.2, 0) is 0 Å². The summed E-state index contributed by atoms with van der Waals surface area (Å²) in [6, 6.07) is 8.39. The number of carbonyl (C=O) groups excluding carboxylic acids is 1. The molecule has 192 valence electrons. The van der Waals surface area contributed by atoms with Gasteiger partial charge in [-0.25, -0.2) is 4.68 Å². The van der Waals surface area contributed by atoms with Crippen molar-refractivity contribution in [3.8, 4) is 11.5 Å². The van der Waals surface area contributed by atoms with Gasteiger partial charge in [0.25, 0.3) is 5.91 Å². The van der Waals surface area contributed by atoms with Gasteiger partial charge in [-0.05, 0) is 42.3 Å². The van der Waals surface area contributed by atoms with Gasteiger partial charge in [-0.2, -0.15) is 18.3 Å². The number of methoxy groups -OCH3 is 2. The molecule has 2 aromatic carbocycles. The van der Waals surface area contributed by atoms with Crippen LogP contribution in [0.3, 0.4) is 0 Å². The van der Waals surface area contributed by atoms with Gasteiger partial charge in [-0.3, -0.25) is 4.79 Å². The second-order valence-electron chi connectivity index (χ2n) is 8.31. The van der Waals surface area contributed by atoms with Gasteiger partial charge < -0.3 is 25.2 Å². The van der Waals surface area contributed by atoms with Crippen molar-refractivity contribution in [2.24, 2.45) is 0 Å². The van der Waals surface area contributed by atoms with Crippen molar-refractivity contribution < 1.29 is 32.5 Å². The van der Waals surface area contributed by atoms with E-state index >= 15 is 0 Å². The molecule has 0 fully saturated rings. The summed E-state index contributed by atoms with van der Waals surface area (Å²) in [4.78, 5) is 12.9. The second kappa shape index (κ2) is 9.90. The molecule has 12 heteroatoms. The van der Waals surface area contributed by atoms with Gasteiger partial charge in [0.05, 0.1) is 26.4 Å². The van der Waals surface area contributed by atoms with Crippen LogP contribution in [-0.4, -0.2) is 41.2 Å². The Kier molecular flexibility index (Phi) is 7.05. The van der Waals surface area contributed by atoms with Crippen LogP contribution in [0.25, 0.3) is 0 Å². The molecule has 3 N–H and O–H groups in total. The largest absolute Gasteiger partial charge is 0.493 e. The summed E-state index contributed by atoms with van der Waals surface area (Å²) in [5.74, 6) is -0.0723. The Labute approximate surface area is 210 Å². The van der Waals surface area contributed by atoms with Crippen LogP contribution in [0.2, 0.25) is 5.02 Å². The molecule has 8 nitrogen and oxygen atoms in total. The number of alkyl halides is 3. The lowest BCUT2D eigenvalue weighted by molar-refractivity contribution is -0.173. The van der Waals surface area contributed by atoms with Gasteiger partial charge in [0.1, 0.15) is 10.8 Å². The monoisotopic (exact) mass is 524 g/mol. The molecule has 0 unspecified atom stereocenters. The molecule has 0 saturated heterocycles. The molecule has 1 amide bonds. The van der Waals surface area contributed by atoms with Crippen molar-refractivity contribution in [2.75, 3.05) is 24.9 Å². The fraction of sp³-hybridized carbons (Fsp3) is 0.333. The third-order valence-corrected chi connectivity index (χ3v) is 6.33. The highest BCUT2D eigenvalue weighted by Gasteiger charge is 2.48. The molecule has 0 aliphatic carbocycles. The van der Waals surface area contributed by atoms with Gasteiger partial charge in [-0.1, -0.05) is 29.8 Å². The Bertz CT molecular complexity index is 1260. The zero-order valence-electron chi connectivity index (χ0n) is 19.6. The molecular formula is C24H24ClF3N4O4. The van der Waals surface area contributed by atoms with E-state index in [1.807, 2.05) is 0 Å². The topological polar surface area (TPSA) is 97.6 Å². The van der Waals surface area contributed by atoms with Crippen molar-refractivity contribution in [3.05, 3.63) is 64.3 Å². The number of fused-ring (bicyclic) bond motifs is 1. The molecule has 3 atom stereocenters. The number of carbonyl (C=O) groups is 1. The first-order valence-corrected chi connectivity index (χ1v) is 11.3. The number of halogens is 4. The van der Waals surface area contributed by atoms with E-state index < -0.39 is 30.3 Å². The Morgan fingerprint density at radius 3 is 2.44 bits per heavy atom. The predicted molar refractivity (Wildman–Crippen MR) is 128 cm³/mol. The number of ether oxygens (including phenoxy) is 2. The Hall–Kier alpha value is -3.44. The normalized spacial score (nSPS) is 18.1. The van der Waals surface area contributed by atoms with Gasteiger partial charge >= 0.3 is 6.18 Å². The highest BCUT2D eigenvalue weighted by Crippen LogP contribution is 2.47. The van der Waals surface area contributed by atoms with Crippen molar-refractivity contribution >= 4 is 29.0 Å². The Morgan fingerprint density at radius 2 is 1.86 bits per heavy atom. The third kappa shape index (κ3) is 4.93. The maximum Gasteiger partial charge on any atom is 0.410 e. The fourth-order valence-corrected chi connectivity index (χ4v) is 4.32. The minimum absolute atomic E-state index is 0.111. The summed E-state index contributed by atoms with van der Waals surface area (Å²) in [6.45, 7) is 1.60. The summed E-state index contributed by atoms with van der Waals surface area (Å²) in [5.41, 5.74) is 1.19. The van der Waals surface area contributed by atoms with Crippen LogP contribution in [0.4, 0.5) is 24.7 Å². The molecule has 2 heterocycles. The summed E-state index contributed by atoms with van der Waals surface area (Å²) < 4.78 is 53.4. The van der Waals surface area contributed by atoms with E-state index in [2.05, 4.69) is 15.7 Å². The van der Waals surface area contributed by atoms with Gasteiger partial charge in [0.15, 0.2) is 23.2 Å². The average molecular weight is 525 g/mol. The lowest BCUT2D eigenvalue weighted by atomic mass is 9.96. The molecular weight excluding hydrogens is 501 g/mol. The van der Waals surface area contributed by atoms with Gasteiger partial charge in [0, 0.05) is 12.1 Å². The van der Waals surface area contributed by atoms with Gasteiger partial charge in [0.2, 0.25) is 0 Å². The van der Waals surface area contributed by atoms with Crippen LogP contribution in [0.1, 0.15) is 53.1 Å². The first kappa shape index (κ1) is 25.6. The molecule has 1 aliphatic rings. The lowest BCUT2D eigenvalue weighted by Crippen LogP contribution is -2.35. The van der Waals surface area contributed by atoms with E-state index in [1.165, 1.54) is 14.2 Å². The number of aromatic nitrogens is 2. The van der Waals surface area contributed by atoms with Crippen molar-refractivity contribution in [1.82, 2.24) is 9.78 Å². The number of nitrogens with zero attached hydrogens (tertiary/aromatic N) is 2. The van der Waals surface area contributed by atoms with E-state index in [9.17, 15) is 23.1 Å². The number of hydrogen-bond donors (Lipinski definition) is 3. The maximum absolute atomic E-state index is 14.1. The minimum Gasteiger partial charge on any atom is -0.493 e. The van der Waals surface area contributed by atoms with E-state index in [1.54, 1.807) is 49.4 Å². The molecule has 0 bridgehead atoms. The van der Waals surface area contributed by atoms with E-state index in [0.717, 1.165) is 0 Å². The first-order valence-electron chi connectivity index (χ1n) is 11.0. The zero-order valence-corrected chi connectivity index (χ0v) is 20.3. The summed E-state index contributed by atoms with van der Waals surface area (Å²) in [6.07, 6.45) is -5.72. The third-order valence-electron chi connectivity index (χ3n) is 5.97. The quantitative estimate of drug-likeness (QED) is 0.393. The number of hydrogen-bond acceptors (Lipinski definition) is 6. The highest BCUT2D eigenvalue weighted by atomic mass is 35.5. The maximum atomic E-state index is 14.1. The predicted octanol–water partition coefficient (Wildman–Crippen LogP) is 5.52. The van der Waals surface area contributed by atoms with Crippen LogP contribution in [0.15, 0.2) is 42.5 Å². The van der Waals surface area contributed by atoms with Crippen LogP contribution in [0.5, 0.6) is 11.5 Å². The number of amides is 1. The lowest BCUT2D eigenvalue weighted by Gasteiger charge is -2.33. The van der Waals surface area contributed by atoms with Crippen molar-refractivity contribution in [2.45, 2.75) is 37.7 Å². The zero-order chi connectivity index (χ0) is 26.2. The number of nitrogens with one attached hydrogen (secondary N) is 2. The van der Waals surface area contributed by atoms with E-state index in [0.29, 0.717) is 33.0 Å². The van der Waals surface area contributed by atoms with E-state index in [4.69, 9.17) is 21.1 Å². The molecule has 4 rings (SSSR count). The number of aliphatic hydroxyl groups excluding tert-OH is 1. The number of rotatable bonds is 6. The SMILES string of the molecule is COc1ccc([C@@H]2C[C@H](C(F)(F)F)n3nc(C(=O)Nc4ccc([C@H](C)O)cc4)c(Cl)c3N2)cc1OC. The minimum atomic E-state index is -4.65. The van der Waals surface area contributed by atoms with Crippen molar-refractivity contribution in [1.29, 1.82) is 0 Å². The summed E-state index contributed by atoms with van der Waals surface area (Å²) in [5, 5.41) is 18.9. The summed E-state index contributed by atoms with van der Waals surface area (Å²) >= 11 is 6.39. The van der Waals surface area contributed by atoms with Crippen molar-refractivity contribution in [3.63, 3.8) is 0 Å². The fourth-order valence-electron chi connectivity index (χ4n) is 4.06. The Morgan fingerprint density at radius 1 is 1.19 bits per heavy atom. The molecule has 3 aromatic rings. The van der Waals surface area contributed by atoms with E-state index in [-0.39, 0.29) is 23.0 Å². The Balaban J connectivity index is 1.66. The molecule has 0 saturated carbocycles. The highest BCUT2D eigenvalue weighted by molar-refractivity contribution is 6.36. The summed E-state index contributed by atoms with van der Waals surface area (Å²) in [7, 11) is 2.89. The van der Waals surface area contributed by atoms with Crippen LogP contribution < -0.4 is 20.1 Å². The smallest absolute Gasteiger partial charge is 0.410 e. The molecule has 1 aliphatic heterocycles. The van der Waals surface area contributed by atoms with Crippen LogP contribution in [0, 0.1) is 0 Å². The molecule has 0 radical (unpaired) electrons. The first-order chi connectivity index (χ1) is 17.0. The van der Waals surface area contributed by atoms with Crippen LogP contribution >= 0.6 is 11.6 Å². The molecule has 0 spiro atoms.